The number of carbonyl (C=O) groups excluding carboxylic acids is 1. The Bertz CT molecular complexity index is 812. The van der Waals surface area contributed by atoms with E-state index in [9.17, 15) is 4.79 Å². The SMILES string of the molecule is O=C(Nc1ccc(Cl)c(Cl)c1)[C@H]1CCCN(Cc2ccc(Cl)cc2Cl)C1. The fraction of sp³-hybridized carbons (Fsp3) is 0.316. The zero-order valence-electron chi connectivity index (χ0n) is 13.9. The number of halogens is 4. The van der Waals surface area contributed by atoms with Crippen LogP contribution in [0.5, 0.6) is 0 Å². The van der Waals surface area contributed by atoms with Gasteiger partial charge in [-0.25, -0.2) is 0 Å². The Balaban J connectivity index is 1.62. The molecule has 1 heterocycles. The van der Waals surface area contributed by atoms with Crippen molar-refractivity contribution in [3.8, 4) is 0 Å². The van der Waals surface area contributed by atoms with Crippen LogP contribution in [0.15, 0.2) is 36.4 Å². The van der Waals surface area contributed by atoms with E-state index in [0.29, 0.717) is 38.9 Å². The number of anilines is 1. The Morgan fingerprint density at radius 3 is 2.58 bits per heavy atom. The molecule has 0 aromatic heterocycles. The molecule has 1 saturated heterocycles. The van der Waals surface area contributed by atoms with Crippen LogP contribution in [-0.4, -0.2) is 23.9 Å². The van der Waals surface area contributed by atoms with E-state index in [0.717, 1.165) is 24.9 Å². The number of rotatable bonds is 4. The van der Waals surface area contributed by atoms with Crippen LogP contribution in [0.4, 0.5) is 5.69 Å². The van der Waals surface area contributed by atoms with Crippen molar-refractivity contribution in [1.82, 2.24) is 4.90 Å². The standard InChI is InChI=1S/C19H18Cl4N2O/c20-14-4-3-12(17(22)8-14)10-25-7-1-2-13(11-25)19(26)24-15-5-6-16(21)18(23)9-15/h3-6,8-9,13H,1-2,7,10-11H2,(H,24,26)/t13-/m0/s1. The Morgan fingerprint density at radius 1 is 1.04 bits per heavy atom. The second kappa shape index (κ2) is 8.81. The molecule has 7 heteroatoms. The van der Waals surface area contributed by atoms with Gasteiger partial charge in [0.15, 0.2) is 0 Å². The Morgan fingerprint density at radius 2 is 1.85 bits per heavy atom. The summed E-state index contributed by atoms with van der Waals surface area (Å²) in [4.78, 5) is 14.9. The Labute approximate surface area is 173 Å². The summed E-state index contributed by atoms with van der Waals surface area (Å²) in [5.74, 6) is -0.0837. The number of hydrogen-bond acceptors (Lipinski definition) is 2. The lowest BCUT2D eigenvalue weighted by atomic mass is 9.96. The van der Waals surface area contributed by atoms with Gasteiger partial charge in [0.1, 0.15) is 0 Å². The zero-order valence-corrected chi connectivity index (χ0v) is 17.0. The van der Waals surface area contributed by atoms with Gasteiger partial charge in [0, 0.05) is 28.8 Å². The predicted octanol–water partition coefficient (Wildman–Crippen LogP) is 6.15. The molecule has 2 aromatic carbocycles. The van der Waals surface area contributed by atoms with Gasteiger partial charge >= 0.3 is 0 Å². The summed E-state index contributed by atoms with van der Waals surface area (Å²) in [5, 5.41) is 5.09. The minimum atomic E-state index is -0.0794. The molecular formula is C19H18Cl4N2O. The molecule has 1 atom stereocenters. The molecule has 1 amide bonds. The fourth-order valence-electron chi connectivity index (χ4n) is 3.12. The molecule has 1 N–H and O–H groups in total. The van der Waals surface area contributed by atoms with Crippen molar-refractivity contribution in [1.29, 1.82) is 0 Å². The van der Waals surface area contributed by atoms with E-state index in [4.69, 9.17) is 46.4 Å². The number of carbonyl (C=O) groups is 1. The third-order valence-corrected chi connectivity index (χ3v) is 5.80. The minimum absolute atomic E-state index is 0.00436. The first kappa shape index (κ1) is 19.8. The predicted molar refractivity (Wildman–Crippen MR) is 110 cm³/mol. The van der Waals surface area contributed by atoms with Crippen molar-refractivity contribution in [2.24, 2.45) is 5.92 Å². The topological polar surface area (TPSA) is 32.3 Å². The molecule has 1 fully saturated rings. The van der Waals surface area contributed by atoms with E-state index in [-0.39, 0.29) is 11.8 Å². The van der Waals surface area contributed by atoms with Gasteiger partial charge in [-0.15, -0.1) is 0 Å². The third-order valence-electron chi connectivity index (χ3n) is 4.47. The van der Waals surface area contributed by atoms with Crippen molar-refractivity contribution in [2.45, 2.75) is 19.4 Å². The number of nitrogens with one attached hydrogen (secondary N) is 1. The van der Waals surface area contributed by atoms with Crippen LogP contribution in [0.1, 0.15) is 18.4 Å². The van der Waals surface area contributed by atoms with E-state index in [1.54, 1.807) is 24.3 Å². The molecule has 0 bridgehead atoms. The quantitative estimate of drug-likeness (QED) is 0.629. The molecule has 26 heavy (non-hydrogen) atoms. The van der Waals surface area contributed by atoms with E-state index in [1.165, 1.54) is 0 Å². The number of piperidine rings is 1. The number of benzene rings is 2. The Hall–Kier alpha value is -0.970. The molecule has 0 aliphatic carbocycles. The summed E-state index contributed by atoms with van der Waals surface area (Å²) < 4.78 is 0. The third kappa shape index (κ3) is 5.05. The molecule has 3 rings (SSSR count). The molecule has 1 aliphatic rings. The highest BCUT2D eigenvalue weighted by Gasteiger charge is 2.26. The average molecular weight is 432 g/mol. The van der Waals surface area contributed by atoms with Crippen LogP contribution in [0.25, 0.3) is 0 Å². The first-order valence-corrected chi connectivity index (χ1v) is 9.86. The number of amides is 1. The molecule has 3 nitrogen and oxygen atoms in total. The van der Waals surface area contributed by atoms with Crippen LogP contribution in [-0.2, 0) is 11.3 Å². The molecule has 0 saturated carbocycles. The van der Waals surface area contributed by atoms with Crippen molar-refractivity contribution >= 4 is 58.0 Å². The molecule has 1 aliphatic heterocycles. The Kier molecular flexibility index (Phi) is 6.70. The van der Waals surface area contributed by atoms with Crippen LogP contribution in [0, 0.1) is 5.92 Å². The summed E-state index contributed by atoms with van der Waals surface area (Å²) in [6.07, 6.45) is 1.82. The molecule has 0 radical (unpaired) electrons. The molecule has 0 unspecified atom stereocenters. The monoisotopic (exact) mass is 430 g/mol. The smallest absolute Gasteiger partial charge is 0.228 e. The van der Waals surface area contributed by atoms with Crippen molar-refractivity contribution in [3.05, 3.63) is 62.1 Å². The van der Waals surface area contributed by atoms with Gasteiger partial charge in [0.05, 0.1) is 16.0 Å². The van der Waals surface area contributed by atoms with Gasteiger partial charge in [-0.2, -0.15) is 0 Å². The lowest BCUT2D eigenvalue weighted by Crippen LogP contribution is -2.40. The van der Waals surface area contributed by atoms with Crippen molar-refractivity contribution < 1.29 is 4.79 Å². The van der Waals surface area contributed by atoms with Crippen molar-refractivity contribution in [3.63, 3.8) is 0 Å². The number of likely N-dealkylation sites (tertiary alicyclic amines) is 1. The van der Waals surface area contributed by atoms with Gasteiger partial charge in [-0.1, -0.05) is 52.5 Å². The molecule has 0 spiro atoms. The lowest BCUT2D eigenvalue weighted by Gasteiger charge is -2.32. The maximum Gasteiger partial charge on any atom is 0.228 e. The molecular weight excluding hydrogens is 414 g/mol. The highest BCUT2D eigenvalue weighted by molar-refractivity contribution is 6.42. The normalized spacial score (nSPS) is 17.9. The highest BCUT2D eigenvalue weighted by atomic mass is 35.5. The fourth-order valence-corrected chi connectivity index (χ4v) is 3.89. The zero-order chi connectivity index (χ0) is 18.7. The largest absolute Gasteiger partial charge is 0.326 e. The summed E-state index contributed by atoms with van der Waals surface area (Å²) in [6, 6.07) is 10.6. The van der Waals surface area contributed by atoms with Gasteiger partial charge in [0.25, 0.3) is 0 Å². The number of hydrogen-bond donors (Lipinski definition) is 1. The van der Waals surface area contributed by atoms with E-state index < -0.39 is 0 Å². The second-order valence-corrected chi connectivity index (χ2v) is 8.09. The molecule has 2 aromatic rings. The maximum atomic E-state index is 12.6. The van der Waals surface area contributed by atoms with Crippen LogP contribution >= 0.6 is 46.4 Å². The summed E-state index contributed by atoms with van der Waals surface area (Å²) in [5.41, 5.74) is 1.67. The molecule has 138 valence electrons. The second-order valence-electron chi connectivity index (χ2n) is 6.43. The van der Waals surface area contributed by atoms with Gasteiger partial charge in [-0.3, -0.25) is 9.69 Å². The number of nitrogens with zero attached hydrogens (tertiary/aromatic N) is 1. The van der Waals surface area contributed by atoms with Crippen molar-refractivity contribution in [2.75, 3.05) is 18.4 Å². The van der Waals surface area contributed by atoms with Crippen LogP contribution in [0.2, 0.25) is 20.1 Å². The first-order chi connectivity index (χ1) is 12.4. The summed E-state index contributed by atoms with van der Waals surface area (Å²) >= 11 is 24.1. The first-order valence-electron chi connectivity index (χ1n) is 8.34. The minimum Gasteiger partial charge on any atom is -0.326 e. The van der Waals surface area contributed by atoms with Gasteiger partial charge in [-0.05, 0) is 55.3 Å². The van der Waals surface area contributed by atoms with Gasteiger partial charge in [0.2, 0.25) is 5.91 Å². The summed E-state index contributed by atoms with van der Waals surface area (Å²) in [6.45, 7) is 2.33. The van der Waals surface area contributed by atoms with E-state index >= 15 is 0 Å². The van der Waals surface area contributed by atoms with E-state index in [1.807, 2.05) is 12.1 Å². The van der Waals surface area contributed by atoms with Gasteiger partial charge < -0.3 is 5.32 Å². The van der Waals surface area contributed by atoms with Crippen LogP contribution in [0.3, 0.4) is 0 Å². The lowest BCUT2D eigenvalue weighted by molar-refractivity contribution is -0.121. The summed E-state index contributed by atoms with van der Waals surface area (Å²) in [7, 11) is 0. The van der Waals surface area contributed by atoms with E-state index in [2.05, 4.69) is 10.2 Å². The average Bonchev–Trinajstić information content (AvgIpc) is 2.61. The maximum absolute atomic E-state index is 12.6. The highest BCUT2D eigenvalue weighted by Crippen LogP contribution is 2.27. The van der Waals surface area contributed by atoms with Crippen LogP contribution < -0.4 is 5.32 Å².